The van der Waals surface area contributed by atoms with Crippen molar-refractivity contribution in [2.45, 2.75) is 33.0 Å². The first-order chi connectivity index (χ1) is 15.0. The van der Waals surface area contributed by atoms with Crippen molar-refractivity contribution in [3.05, 3.63) is 41.9 Å². The number of aliphatic hydroxyl groups is 1. The summed E-state index contributed by atoms with van der Waals surface area (Å²) < 4.78 is 1.76. The normalized spacial score (nSPS) is 14.3. The summed E-state index contributed by atoms with van der Waals surface area (Å²) in [4.78, 5) is 34.7. The molecular weight excluding hydrogens is 434 g/mol. The van der Waals surface area contributed by atoms with Crippen molar-refractivity contribution in [3.8, 4) is 0 Å². The number of hydrogen-bond acceptors (Lipinski definition) is 7. The molecule has 2 aromatic rings. The highest BCUT2D eigenvalue weighted by Gasteiger charge is 2.20. The number of carbonyl (C=O) groups excluding carboxylic acids is 2. The van der Waals surface area contributed by atoms with Crippen molar-refractivity contribution in [1.82, 2.24) is 19.8 Å². The molecule has 32 heavy (non-hydrogen) atoms. The molecular formula is C21H30ClN7O3. The number of aromatic nitrogens is 2. The summed E-state index contributed by atoms with van der Waals surface area (Å²) in [6, 6.07) is 6.81. The molecule has 0 fully saturated rings. The number of anilines is 2. The Morgan fingerprint density at radius 1 is 1.22 bits per heavy atom. The molecule has 11 heteroatoms. The standard InChI is InChI=1S/C21H29N7O3.ClH/c1-3-27(4-2)12-10-22-20(30)15-5-7-16(8-6-15)26-17(29)9-11-28-14-25-18-19(28)23-13-24-21(18)31;/h5-8,13-14,21,31H,3-4,9-12H2,1-2H3,(H,22,30)(H,23,24)(H,26,29);1H. The van der Waals surface area contributed by atoms with Crippen molar-refractivity contribution in [1.29, 1.82) is 0 Å². The summed E-state index contributed by atoms with van der Waals surface area (Å²) in [5.74, 6) is 0.337. The number of aryl methyl sites for hydroxylation is 1. The lowest BCUT2D eigenvalue weighted by molar-refractivity contribution is -0.116. The number of likely N-dealkylation sites (N-methyl/N-ethyl adjacent to an activating group) is 1. The summed E-state index contributed by atoms with van der Waals surface area (Å²) in [6.07, 6.45) is 2.22. The number of benzene rings is 1. The summed E-state index contributed by atoms with van der Waals surface area (Å²) in [5.41, 5.74) is 1.61. The topological polar surface area (TPSA) is 124 Å². The van der Waals surface area contributed by atoms with Gasteiger partial charge in [-0.3, -0.25) is 9.59 Å². The van der Waals surface area contributed by atoms with Crippen LogP contribution in [-0.4, -0.2) is 63.9 Å². The third-order valence-electron chi connectivity index (χ3n) is 5.15. The third kappa shape index (κ3) is 6.52. The van der Waals surface area contributed by atoms with Gasteiger partial charge in [0.15, 0.2) is 6.23 Å². The fraction of sp³-hybridized carbons (Fsp3) is 0.429. The molecule has 2 amide bonds. The third-order valence-corrected chi connectivity index (χ3v) is 5.15. The lowest BCUT2D eigenvalue weighted by atomic mass is 10.2. The van der Waals surface area contributed by atoms with Crippen LogP contribution >= 0.6 is 12.4 Å². The van der Waals surface area contributed by atoms with Crippen molar-refractivity contribution >= 4 is 42.1 Å². The molecule has 0 bridgehead atoms. The molecule has 10 nitrogen and oxygen atoms in total. The number of rotatable bonds is 10. The van der Waals surface area contributed by atoms with Gasteiger partial charge in [-0.05, 0) is 37.4 Å². The molecule has 0 saturated carbocycles. The Morgan fingerprint density at radius 3 is 2.62 bits per heavy atom. The van der Waals surface area contributed by atoms with Crippen molar-refractivity contribution in [2.24, 2.45) is 4.99 Å². The number of hydrogen-bond donors (Lipinski definition) is 4. The van der Waals surface area contributed by atoms with Crippen LogP contribution in [0.1, 0.15) is 42.5 Å². The molecule has 1 unspecified atom stereocenters. The van der Waals surface area contributed by atoms with E-state index < -0.39 is 6.23 Å². The molecule has 174 valence electrons. The van der Waals surface area contributed by atoms with Gasteiger partial charge in [-0.1, -0.05) is 13.8 Å². The fourth-order valence-electron chi connectivity index (χ4n) is 3.27. The fourth-order valence-corrected chi connectivity index (χ4v) is 3.27. The molecule has 1 aromatic carbocycles. The van der Waals surface area contributed by atoms with Crippen molar-refractivity contribution < 1.29 is 14.7 Å². The number of aliphatic imine (C=N–C) groups is 1. The van der Waals surface area contributed by atoms with Crippen LogP contribution in [0.3, 0.4) is 0 Å². The van der Waals surface area contributed by atoms with Gasteiger partial charge >= 0.3 is 0 Å². The van der Waals surface area contributed by atoms with Crippen LogP contribution in [0.15, 0.2) is 35.6 Å². The maximum Gasteiger partial charge on any atom is 0.251 e. The van der Waals surface area contributed by atoms with E-state index >= 15 is 0 Å². The summed E-state index contributed by atoms with van der Waals surface area (Å²) in [6.45, 7) is 7.90. The molecule has 0 aliphatic carbocycles. The number of carbonyl (C=O) groups is 2. The second-order valence-corrected chi connectivity index (χ2v) is 7.13. The summed E-state index contributed by atoms with van der Waals surface area (Å²) in [7, 11) is 0. The Morgan fingerprint density at radius 2 is 1.94 bits per heavy atom. The number of fused-ring (bicyclic) bond motifs is 1. The maximum atomic E-state index is 12.3. The predicted octanol–water partition coefficient (Wildman–Crippen LogP) is 1.85. The Hall–Kier alpha value is -2.95. The number of halogens is 1. The van der Waals surface area contributed by atoms with E-state index in [1.54, 1.807) is 35.2 Å². The smallest absolute Gasteiger partial charge is 0.251 e. The van der Waals surface area contributed by atoms with E-state index in [9.17, 15) is 14.7 Å². The van der Waals surface area contributed by atoms with Gasteiger partial charge in [0.05, 0.1) is 12.7 Å². The minimum atomic E-state index is -0.987. The van der Waals surface area contributed by atoms with Crippen molar-refractivity contribution in [2.75, 3.05) is 36.8 Å². The average molecular weight is 464 g/mol. The largest absolute Gasteiger partial charge is 0.366 e. The zero-order valence-electron chi connectivity index (χ0n) is 18.2. The highest BCUT2D eigenvalue weighted by molar-refractivity contribution is 5.95. The Balaban J connectivity index is 0.00000363. The van der Waals surface area contributed by atoms with Gasteiger partial charge < -0.3 is 30.5 Å². The number of amides is 2. The first-order valence-corrected chi connectivity index (χ1v) is 10.4. The van der Waals surface area contributed by atoms with E-state index in [-0.39, 0.29) is 30.6 Å². The van der Waals surface area contributed by atoms with Crippen LogP contribution in [0, 0.1) is 0 Å². The Kier molecular flexibility index (Phi) is 9.63. The van der Waals surface area contributed by atoms with Gasteiger partial charge in [0.1, 0.15) is 11.5 Å². The minimum Gasteiger partial charge on any atom is -0.366 e. The van der Waals surface area contributed by atoms with E-state index in [4.69, 9.17) is 0 Å². The monoisotopic (exact) mass is 463 g/mol. The Labute approximate surface area is 193 Å². The summed E-state index contributed by atoms with van der Waals surface area (Å²) >= 11 is 0. The zero-order chi connectivity index (χ0) is 22.2. The second-order valence-electron chi connectivity index (χ2n) is 7.13. The van der Waals surface area contributed by atoms with E-state index in [0.717, 1.165) is 19.6 Å². The van der Waals surface area contributed by atoms with Crippen LogP contribution in [0.5, 0.6) is 0 Å². The lowest BCUT2D eigenvalue weighted by Crippen LogP contribution is -2.34. The number of aliphatic hydroxyl groups excluding tert-OH is 1. The van der Waals surface area contributed by atoms with Gasteiger partial charge in [0.2, 0.25) is 5.91 Å². The first kappa shape index (κ1) is 25.3. The molecule has 1 aliphatic heterocycles. The lowest BCUT2D eigenvalue weighted by Gasteiger charge is -2.18. The van der Waals surface area contributed by atoms with E-state index in [0.29, 0.717) is 35.9 Å². The Bertz CT molecular complexity index is 926. The molecule has 2 heterocycles. The first-order valence-electron chi connectivity index (χ1n) is 10.4. The number of imidazole rings is 1. The SMILES string of the molecule is CCN(CC)CCNC(=O)c1ccc(NC(=O)CCn2cnc3c2NC=NC3O)cc1.Cl. The van der Waals surface area contributed by atoms with Crippen LogP contribution < -0.4 is 16.0 Å². The highest BCUT2D eigenvalue weighted by Crippen LogP contribution is 2.25. The summed E-state index contributed by atoms with van der Waals surface area (Å²) in [5, 5.41) is 18.5. The molecule has 0 saturated heterocycles. The van der Waals surface area contributed by atoms with Gasteiger partial charge in [0.25, 0.3) is 5.91 Å². The van der Waals surface area contributed by atoms with Gasteiger partial charge in [-0.2, -0.15) is 0 Å². The maximum absolute atomic E-state index is 12.3. The molecule has 1 atom stereocenters. The van der Waals surface area contributed by atoms with Crippen molar-refractivity contribution in [3.63, 3.8) is 0 Å². The van der Waals surface area contributed by atoms with Crippen LogP contribution in [0.4, 0.5) is 11.5 Å². The number of nitrogens with zero attached hydrogens (tertiary/aromatic N) is 4. The van der Waals surface area contributed by atoms with Crippen LogP contribution in [-0.2, 0) is 11.3 Å². The van der Waals surface area contributed by atoms with Gasteiger partial charge in [0, 0.05) is 37.3 Å². The molecule has 1 aromatic heterocycles. The predicted molar refractivity (Wildman–Crippen MR) is 126 cm³/mol. The molecule has 3 rings (SSSR count). The van der Waals surface area contributed by atoms with E-state index in [1.165, 1.54) is 6.34 Å². The van der Waals surface area contributed by atoms with Crippen LogP contribution in [0.2, 0.25) is 0 Å². The van der Waals surface area contributed by atoms with Gasteiger partial charge in [-0.25, -0.2) is 9.98 Å². The quantitative estimate of drug-likeness (QED) is 0.426. The van der Waals surface area contributed by atoms with Crippen LogP contribution in [0.25, 0.3) is 0 Å². The molecule has 0 spiro atoms. The zero-order valence-corrected chi connectivity index (χ0v) is 19.1. The minimum absolute atomic E-state index is 0. The molecule has 4 N–H and O–H groups in total. The van der Waals surface area contributed by atoms with Gasteiger partial charge in [-0.15, -0.1) is 12.4 Å². The number of nitrogens with one attached hydrogen (secondary N) is 3. The molecule has 1 aliphatic rings. The van der Waals surface area contributed by atoms with E-state index in [1.807, 2.05) is 0 Å². The van der Waals surface area contributed by atoms with E-state index in [2.05, 4.69) is 44.7 Å². The average Bonchev–Trinajstić information content (AvgIpc) is 3.20. The molecule has 0 radical (unpaired) electrons. The second kappa shape index (κ2) is 12.2. The highest BCUT2D eigenvalue weighted by atomic mass is 35.5.